The van der Waals surface area contributed by atoms with Crippen molar-refractivity contribution in [3.8, 4) is 11.3 Å². The summed E-state index contributed by atoms with van der Waals surface area (Å²) in [4.78, 5) is 28.3. The van der Waals surface area contributed by atoms with E-state index in [1.807, 2.05) is 12.1 Å². The first kappa shape index (κ1) is 29.2. The summed E-state index contributed by atoms with van der Waals surface area (Å²) in [6.07, 6.45) is 4.72. The Morgan fingerprint density at radius 3 is 2.27 bits per heavy atom. The van der Waals surface area contributed by atoms with E-state index in [9.17, 15) is 13.2 Å². The van der Waals surface area contributed by atoms with Crippen molar-refractivity contribution in [1.29, 1.82) is 0 Å². The van der Waals surface area contributed by atoms with Crippen molar-refractivity contribution in [3.05, 3.63) is 54.2 Å². The highest BCUT2D eigenvalue weighted by molar-refractivity contribution is 7.90. The maximum atomic E-state index is 13.5. The SMILES string of the molecule is CCC(CC)Nc1ccc(-c2ccc(C(=O)NS(=O)(=O)c3cccc(N)n3)c(N3[C@@](C)(N)CC[C@@]3(C)N)n2)cn1. The van der Waals surface area contributed by atoms with Crippen LogP contribution in [0.2, 0.25) is 0 Å². The van der Waals surface area contributed by atoms with Crippen LogP contribution in [0.3, 0.4) is 0 Å². The molecular weight excluding hydrogens is 530 g/mol. The highest BCUT2D eigenvalue weighted by Gasteiger charge is 2.48. The molecule has 214 valence electrons. The molecule has 0 aromatic carbocycles. The lowest BCUT2D eigenvalue weighted by molar-refractivity contribution is 0.0981. The largest absolute Gasteiger partial charge is 0.384 e. The molecule has 3 aromatic rings. The summed E-state index contributed by atoms with van der Waals surface area (Å²) in [6.45, 7) is 7.83. The van der Waals surface area contributed by atoms with Crippen molar-refractivity contribution < 1.29 is 13.2 Å². The first-order valence-corrected chi connectivity index (χ1v) is 14.7. The monoisotopic (exact) mass is 567 g/mol. The number of hydrogen-bond donors (Lipinski definition) is 5. The summed E-state index contributed by atoms with van der Waals surface area (Å²) >= 11 is 0. The van der Waals surface area contributed by atoms with E-state index in [-0.39, 0.29) is 22.2 Å². The number of amides is 1. The zero-order chi connectivity index (χ0) is 29.3. The molecule has 0 spiro atoms. The van der Waals surface area contributed by atoms with Crippen molar-refractivity contribution in [3.63, 3.8) is 0 Å². The molecule has 12 nitrogen and oxygen atoms in total. The van der Waals surface area contributed by atoms with Crippen LogP contribution in [0, 0.1) is 0 Å². The van der Waals surface area contributed by atoms with Crippen LogP contribution in [-0.4, -0.2) is 46.6 Å². The van der Waals surface area contributed by atoms with Crippen molar-refractivity contribution in [2.24, 2.45) is 11.5 Å². The summed E-state index contributed by atoms with van der Waals surface area (Å²) in [6, 6.07) is 11.3. The van der Waals surface area contributed by atoms with Gasteiger partial charge in [0.2, 0.25) is 0 Å². The predicted molar refractivity (Wildman–Crippen MR) is 156 cm³/mol. The Bertz CT molecular complexity index is 1470. The molecule has 4 heterocycles. The molecule has 13 heteroatoms. The zero-order valence-electron chi connectivity index (χ0n) is 23.2. The first-order valence-electron chi connectivity index (χ1n) is 13.2. The first-order chi connectivity index (χ1) is 18.8. The fourth-order valence-corrected chi connectivity index (χ4v) is 5.84. The lowest BCUT2D eigenvalue weighted by atomic mass is 10.1. The molecule has 1 aliphatic heterocycles. The Balaban J connectivity index is 1.75. The number of aromatic nitrogens is 3. The van der Waals surface area contributed by atoms with Gasteiger partial charge in [0, 0.05) is 17.8 Å². The topological polar surface area (TPSA) is 195 Å². The second kappa shape index (κ2) is 11.0. The van der Waals surface area contributed by atoms with Gasteiger partial charge >= 0.3 is 0 Å². The number of nitrogen functional groups attached to an aromatic ring is 1. The number of rotatable bonds is 9. The average molecular weight is 568 g/mol. The minimum absolute atomic E-state index is 0.00614. The van der Waals surface area contributed by atoms with Gasteiger partial charge in [-0.25, -0.2) is 19.7 Å². The number of sulfonamides is 1. The van der Waals surface area contributed by atoms with E-state index in [1.54, 1.807) is 31.0 Å². The summed E-state index contributed by atoms with van der Waals surface area (Å²) in [5.74, 6) is 0.0152. The lowest BCUT2D eigenvalue weighted by Crippen LogP contribution is -2.61. The Kier molecular flexibility index (Phi) is 8.01. The van der Waals surface area contributed by atoms with Gasteiger partial charge in [0.05, 0.1) is 22.6 Å². The van der Waals surface area contributed by atoms with Gasteiger partial charge in [0.15, 0.2) is 5.03 Å². The number of nitrogens with one attached hydrogen (secondary N) is 2. The molecule has 8 N–H and O–H groups in total. The summed E-state index contributed by atoms with van der Waals surface area (Å²) in [7, 11) is -4.33. The summed E-state index contributed by atoms with van der Waals surface area (Å²) in [5.41, 5.74) is 18.2. The summed E-state index contributed by atoms with van der Waals surface area (Å²) < 4.78 is 28.0. The maximum Gasteiger partial charge on any atom is 0.281 e. The van der Waals surface area contributed by atoms with E-state index >= 15 is 0 Å². The molecule has 1 saturated heterocycles. The molecule has 0 radical (unpaired) electrons. The van der Waals surface area contributed by atoms with Gasteiger partial charge in [-0.1, -0.05) is 19.9 Å². The normalized spacial score (nSPS) is 21.0. The van der Waals surface area contributed by atoms with Gasteiger partial charge in [-0.3, -0.25) is 4.79 Å². The third-order valence-electron chi connectivity index (χ3n) is 7.13. The quantitative estimate of drug-likeness (QED) is 0.255. The van der Waals surface area contributed by atoms with Crippen LogP contribution in [0.15, 0.2) is 53.7 Å². The van der Waals surface area contributed by atoms with Crippen molar-refractivity contribution in [2.75, 3.05) is 16.0 Å². The van der Waals surface area contributed by atoms with Gasteiger partial charge in [0.25, 0.3) is 15.9 Å². The van der Waals surface area contributed by atoms with Crippen LogP contribution in [0.4, 0.5) is 17.5 Å². The molecule has 4 rings (SSSR count). The zero-order valence-corrected chi connectivity index (χ0v) is 24.0. The average Bonchev–Trinajstić information content (AvgIpc) is 3.13. The minimum atomic E-state index is -4.33. The van der Waals surface area contributed by atoms with Gasteiger partial charge in [-0.05, 0) is 75.9 Å². The number of nitrogens with two attached hydrogens (primary N) is 3. The molecule has 2 atom stereocenters. The number of hydrogen-bond acceptors (Lipinski definition) is 11. The van der Waals surface area contributed by atoms with Crippen LogP contribution in [-0.2, 0) is 10.0 Å². The molecular formula is C27H37N9O3S. The van der Waals surface area contributed by atoms with Crippen LogP contribution < -0.4 is 32.1 Å². The molecule has 1 aliphatic rings. The van der Waals surface area contributed by atoms with Crippen LogP contribution in [0.5, 0.6) is 0 Å². The number of anilines is 3. The standard InChI is InChI=1S/C27H37N9O3S/c1-5-18(6-2)32-22-13-10-17(16-31-22)20-12-11-19(24(33-20)36-26(3,29)14-15-27(36,4)30)25(37)35-40(38,39)23-9-7-8-21(28)34-23/h7-13,16,18H,5-6,14-15,29-30H2,1-4H3,(H2,28,34)(H,31,32)(H,35,37)/t26-,27+. The van der Waals surface area contributed by atoms with Gasteiger partial charge in [0.1, 0.15) is 17.5 Å². The Morgan fingerprint density at radius 1 is 1.02 bits per heavy atom. The van der Waals surface area contributed by atoms with Gasteiger partial charge < -0.3 is 27.4 Å². The molecule has 1 fully saturated rings. The summed E-state index contributed by atoms with van der Waals surface area (Å²) in [5, 5.41) is 3.02. The number of carbonyl (C=O) groups is 1. The van der Waals surface area contributed by atoms with Crippen molar-refractivity contribution >= 4 is 33.4 Å². The second-order valence-electron chi connectivity index (χ2n) is 10.5. The Morgan fingerprint density at radius 2 is 1.70 bits per heavy atom. The van der Waals surface area contributed by atoms with E-state index in [4.69, 9.17) is 22.2 Å². The van der Waals surface area contributed by atoms with Crippen molar-refractivity contribution in [1.82, 2.24) is 19.7 Å². The maximum absolute atomic E-state index is 13.5. The highest BCUT2D eigenvalue weighted by Crippen LogP contribution is 2.40. The molecule has 40 heavy (non-hydrogen) atoms. The van der Waals surface area contributed by atoms with Crippen molar-refractivity contribution in [2.45, 2.75) is 75.8 Å². The Hall–Kier alpha value is -3.81. The molecule has 3 aromatic heterocycles. The number of pyridine rings is 3. The van der Waals surface area contributed by atoms with E-state index < -0.39 is 27.3 Å². The second-order valence-corrected chi connectivity index (χ2v) is 12.2. The van der Waals surface area contributed by atoms with Crippen LogP contribution in [0.25, 0.3) is 11.3 Å². The molecule has 0 bridgehead atoms. The third-order valence-corrected chi connectivity index (χ3v) is 8.37. The fraction of sp³-hybridized carbons (Fsp3) is 0.407. The fourth-order valence-electron chi connectivity index (χ4n) is 4.90. The van der Waals surface area contributed by atoms with Crippen LogP contribution >= 0.6 is 0 Å². The Labute approximate surface area is 234 Å². The predicted octanol–water partition coefficient (Wildman–Crippen LogP) is 2.79. The minimum Gasteiger partial charge on any atom is -0.384 e. The van der Waals surface area contributed by atoms with E-state index in [0.717, 1.165) is 18.7 Å². The van der Waals surface area contributed by atoms with Gasteiger partial charge in [-0.2, -0.15) is 8.42 Å². The number of carbonyl (C=O) groups excluding carboxylic acids is 1. The third kappa shape index (κ3) is 6.01. The smallest absolute Gasteiger partial charge is 0.281 e. The van der Waals surface area contributed by atoms with E-state index in [2.05, 4.69) is 33.9 Å². The molecule has 0 aliphatic carbocycles. The van der Waals surface area contributed by atoms with Gasteiger partial charge in [-0.15, -0.1) is 0 Å². The molecule has 0 saturated carbocycles. The lowest BCUT2D eigenvalue weighted by Gasteiger charge is -2.41. The number of nitrogens with zero attached hydrogens (tertiary/aromatic N) is 4. The van der Waals surface area contributed by atoms with E-state index in [0.29, 0.717) is 30.1 Å². The molecule has 1 amide bonds. The highest BCUT2D eigenvalue weighted by atomic mass is 32.2. The van der Waals surface area contributed by atoms with Crippen LogP contribution in [0.1, 0.15) is 63.7 Å². The molecule has 0 unspecified atom stereocenters. The van der Waals surface area contributed by atoms with E-state index in [1.165, 1.54) is 24.3 Å².